The minimum atomic E-state index is -0.211. The van der Waals surface area contributed by atoms with Crippen LogP contribution in [0.2, 0.25) is 0 Å². The second kappa shape index (κ2) is 9.87. The molecule has 0 N–H and O–H groups in total. The van der Waals surface area contributed by atoms with Gasteiger partial charge in [0, 0.05) is 26.2 Å². The van der Waals surface area contributed by atoms with Crippen molar-refractivity contribution < 1.29 is 9.13 Å². The number of para-hydroxylation sites is 1. The molecular weight excluding hydrogens is 419 g/mol. The Bertz CT molecular complexity index is 1040. The molecule has 0 spiro atoms. The van der Waals surface area contributed by atoms with E-state index in [4.69, 9.17) is 4.74 Å². The van der Waals surface area contributed by atoms with Crippen LogP contribution in [0.4, 0.5) is 10.1 Å². The molecule has 0 saturated carbocycles. The molecule has 1 fully saturated rings. The zero-order valence-corrected chi connectivity index (χ0v) is 19.9. The molecule has 4 rings (SSSR count). The second-order valence-corrected chi connectivity index (χ2v) is 8.99. The van der Waals surface area contributed by atoms with Gasteiger partial charge >= 0.3 is 0 Å². The Hall–Kier alpha value is -3.00. The Morgan fingerprint density at radius 3 is 2.33 bits per heavy atom. The van der Waals surface area contributed by atoms with Crippen molar-refractivity contribution in [3.8, 4) is 5.75 Å². The summed E-state index contributed by atoms with van der Waals surface area (Å²) < 4.78 is 21.9. The first-order chi connectivity index (χ1) is 15.9. The maximum absolute atomic E-state index is 14.3. The monoisotopic (exact) mass is 452 g/mol. The van der Waals surface area contributed by atoms with E-state index in [0.717, 1.165) is 49.7 Å². The normalized spacial score (nSPS) is 16.1. The van der Waals surface area contributed by atoms with E-state index in [-0.39, 0.29) is 17.4 Å². The first kappa shape index (κ1) is 23.2. The van der Waals surface area contributed by atoms with E-state index in [0.29, 0.717) is 12.3 Å². The number of tetrazole rings is 1. The van der Waals surface area contributed by atoms with Crippen LogP contribution >= 0.6 is 0 Å². The first-order valence-electron chi connectivity index (χ1n) is 11.7. The maximum atomic E-state index is 14.3. The highest BCUT2D eigenvalue weighted by atomic mass is 19.1. The van der Waals surface area contributed by atoms with E-state index in [9.17, 15) is 4.39 Å². The van der Waals surface area contributed by atoms with Gasteiger partial charge in [-0.1, -0.05) is 31.2 Å². The smallest absolute Gasteiger partial charge is 0.173 e. The molecule has 0 amide bonds. The van der Waals surface area contributed by atoms with Crippen LogP contribution < -0.4 is 9.64 Å². The highest BCUT2D eigenvalue weighted by Gasteiger charge is 2.34. The molecule has 2 aromatic carbocycles. The standard InChI is InChI=1S/C25H33FN6O/c1-5-25(3,4)32-24(27-28-29-32)23(19-11-13-20(14-12-19)33-6-2)31-17-15-30(16-18-31)22-10-8-7-9-21(22)26/h7-14,23H,5-6,15-18H2,1-4H3/t23-/m1/s1. The lowest BCUT2D eigenvalue weighted by molar-refractivity contribution is 0.187. The molecule has 1 aliphatic heterocycles. The van der Waals surface area contributed by atoms with Gasteiger partial charge in [0.2, 0.25) is 0 Å². The highest BCUT2D eigenvalue weighted by Crippen LogP contribution is 2.33. The third-order valence-corrected chi connectivity index (χ3v) is 6.56. The summed E-state index contributed by atoms with van der Waals surface area (Å²) in [5.41, 5.74) is 1.56. The Morgan fingerprint density at radius 1 is 1.00 bits per heavy atom. The highest BCUT2D eigenvalue weighted by molar-refractivity contribution is 5.48. The molecule has 0 unspecified atom stereocenters. The van der Waals surface area contributed by atoms with Crippen LogP contribution in [0.1, 0.15) is 51.5 Å². The summed E-state index contributed by atoms with van der Waals surface area (Å²) >= 11 is 0. The summed E-state index contributed by atoms with van der Waals surface area (Å²) in [6.07, 6.45) is 0.905. The number of anilines is 1. The average Bonchev–Trinajstić information content (AvgIpc) is 3.32. The minimum absolute atomic E-state index is 0.107. The van der Waals surface area contributed by atoms with E-state index >= 15 is 0 Å². The molecule has 7 nitrogen and oxygen atoms in total. The minimum Gasteiger partial charge on any atom is -0.494 e. The number of ether oxygens (including phenoxy) is 1. The fraction of sp³-hybridized carbons (Fsp3) is 0.480. The van der Waals surface area contributed by atoms with Gasteiger partial charge in [0.05, 0.1) is 23.9 Å². The van der Waals surface area contributed by atoms with Gasteiger partial charge in [-0.3, -0.25) is 4.90 Å². The maximum Gasteiger partial charge on any atom is 0.173 e. The van der Waals surface area contributed by atoms with Crippen molar-refractivity contribution >= 4 is 5.69 Å². The van der Waals surface area contributed by atoms with Crippen LogP contribution in [-0.4, -0.2) is 57.9 Å². The van der Waals surface area contributed by atoms with Crippen molar-refractivity contribution in [2.75, 3.05) is 37.7 Å². The van der Waals surface area contributed by atoms with Crippen molar-refractivity contribution in [1.82, 2.24) is 25.1 Å². The van der Waals surface area contributed by atoms with Gasteiger partial charge in [-0.2, -0.15) is 0 Å². The molecule has 33 heavy (non-hydrogen) atoms. The Morgan fingerprint density at radius 2 is 1.70 bits per heavy atom. The van der Waals surface area contributed by atoms with Gasteiger partial charge < -0.3 is 9.64 Å². The predicted molar refractivity (Wildman–Crippen MR) is 127 cm³/mol. The van der Waals surface area contributed by atoms with Crippen molar-refractivity contribution in [3.05, 3.63) is 65.7 Å². The number of hydrogen-bond donors (Lipinski definition) is 0. The molecule has 1 aromatic heterocycles. The molecule has 0 aliphatic carbocycles. The molecular formula is C25H33FN6O. The summed E-state index contributed by atoms with van der Waals surface area (Å²) in [7, 11) is 0. The van der Waals surface area contributed by atoms with Gasteiger partial charge in [0.25, 0.3) is 0 Å². The SMILES string of the molecule is CCOc1ccc([C@H](c2nnnn2C(C)(C)CC)N2CCN(c3ccccc3F)CC2)cc1. The summed E-state index contributed by atoms with van der Waals surface area (Å²) in [5.74, 6) is 1.49. The first-order valence-corrected chi connectivity index (χ1v) is 11.7. The quantitative estimate of drug-likeness (QED) is 0.509. The van der Waals surface area contributed by atoms with Gasteiger partial charge in [-0.05, 0) is 67.4 Å². The van der Waals surface area contributed by atoms with Crippen LogP contribution in [-0.2, 0) is 5.54 Å². The zero-order chi connectivity index (χ0) is 23.4. The Labute approximate surface area is 195 Å². The van der Waals surface area contributed by atoms with E-state index in [2.05, 4.69) is 58.2 Å². The van der Waals surface area contributed by atoms with Crippen molar-refractivity contribution in [2.45, 2.75) is 45.7 Å². The van der Waals surface area contributed by atoms with E-state index < -0.39 is 0 Å². The molecule has 1 saturated heterocycles. The van der Waals surface area contributed by atoms with E-state index in [1.165, 1.54) is 6.07 Å². The fourth-order valence-electron chi connectivity index (χ4n) is 4.31. The summed E-state index contributed by atoms with van der Waals surface area (Å²) in [6.45, 7) is 12.1. The van der Waals surface area contributed by atoms with Crippen LogP contribution in [0.15, 0.2) is 48.5 Å². The predicted octanol–water partition coefficient (Wildman–Crippen LogP) is 4.27. The average molecular weight is 453 g/mol. The van der Waals surface area contributed by atoms with Gasteiger partial charge in [0.1, 0.15) is 11.6 Å². The number of rotatable bonds is 8. The van der Waals surface area contributed by atoms with Crippen LogP contribution in [0.25, 0.3) is 0 Å². The molecule has 0 radical (unpaired) electrons. The number of nitrogens with zero attached hydrogens (tertiary/aromatic N) is 6. The van der Waals surface area contributed by atoms with E-state index in [1.807, 2.05) is 35.9 Å². The lowest BCUT2D eigenvalue weighted by Crippen LogP contribution is -2.49. The third kappa shape index (κ3) is 4.85. The van der Waals surface area contributed by atoms with E-state index in [1.54, 1.807) is 6.07 Å². The number of aromatic nitrogens is 4. The Balaban J connectivity index is 1.65. The summed E-state index contributed by atoms with van der Waals surface area (Å²) in [4.78, 5) is 4.50. The Kier molecular flexibility index (Phi) is 6.93. The lowest BCUT2D eigenvalue weighted by Gasteiger charge is -2.40. The lowest BCUT2D eigenvalue weighted by atomic mass is 9.99. The number of benzene rings is 2. The molecule has 3 aromatic rings. The van der Waals surface area contributed by atoms with Crippen LogP contribution in [0.3, 0.4) is 0 Å². The molecule has 0 bridgehead atoms. The second-order valence-electron chi connectivity index (χ2n) is 8.99. The summed E-state index contributed by atoms with van der Waals surface area (Å²) in [5, 5.41) is 12.9. The largest absolute Gasteiger partial charge is 0.494 e. The van der Waals surface area contributed by atoms with Gasteiger partial charge in [-0.15, -0.1) is 5.10 Å². The molecule has 1 atom stereocenters. The third-order valence-electron chi connectivity index (χ3n) is 6.56. The van der Waals surface area contributed by atoms with Crippen LogP contribution in [0.5, 0.6) is 5.75 Å². The van der Waals surface area contributed by atoms with Crippen molar-refractivity contribution in [2.24, 2.45) is 0 Å². The van der Waals surface area contributed by atoms with Gasteiger partial charge in [0.15, 0.2) is 5.82 Å². The fourth-order valence-corrected chi connectivity index (χ4v) is 4.31. The number of hydrogen-bond acceptors (Lipinski definition) is 6. The zero-order valence-electron chi connectivity index (χ0n) is 19.9. The molecule has 1 aliphatic rings. The molecule has 2 heterocycles. The van der Waals surface area contributed by atoms with Crippen LogP contribution in [0, 0.1) is 5.82 Å². The number of piperazine rings is 1. The summed E-state index contributed by atoms with van der Waals surface area (Å²) in [6, 6.07) is 15.1. The molecule has 176 valence electrons. The number of halogens is 1. The topological polar surface area (TPSA) is 59.3 Å². The van der Waals surface area contributed by atoms with Gasteiger partial charge in [-0.25, -0.2) is 9.07 Å². The van der Waals surface area contributed by atoms with Crippen molar-refractivity contribution in [1.29, 1.82) is 0 Å². The molecule has 8 heteroatoms. The van der Waals surface area contributed by atoms with Crippen molar-refractivity contribution in [3.63, 3.8) is 0 Å².